The molecule has 2 heteroatoms. The standard InChI is InChI=1S/C47H94N2/c1-4-7-10-13-16-19-22-24-26-29-32-35-38-41-44-49-46-45-48(43-40-37-34-31-28-21-18-15-12-9-6-3)47(49)42-39-36-33-30-27-25-23-20-17-14-11-8-5-2/h45-47H,4-44H2,1-3H3. The average molecular weight is 687 g/mol. The molecule has 0 spiro atoms. The van der Waals surface area contributed by atoms with E-state index in [1.807, 2.05) is 0 Å². The molecule has 0 N–H and O–H groups in total. The lowest BCUT2D eigenvalue weighted by Gasteiger charge is -2.33. The van der Waals surface area contributed by atoms with Crippen LogP contribution in [0.5, 0.6) is 0 Å². The van der Waals surface area contributed by atoms with Gasteiger partial charge in [0, 0.05) is 25.5 Å². The average Bonchev–Trinajstić information content (AvgIpc) is 3.50. The molecule has 0 aromatic carbocycles. The summed E-state index contributed by atoms with van der Waals surface area (Å²) in [6, 6.07) is 0. The molecule has 1 unspecified atom stereocenters. The van der Waals surface area contributed by atoms with Crippen LogP contribution in [-0.2, 0) is 0 Å². The normalized spacial score (nSPS) is 14.6. The van der Waals surface area contributed by atoms with Gasteiger partial charge in [0.25, 0.3) is 0 Å². The van der Waals surface area contributed by atoms with E-state index in [1.54, 1.807) is 0 Å². The lowest BCUT2D eigenvalue weighted by molar-refractivity contribution is 0.135. The van der Waals surface area contributed by atoms with Crippen LogP contribution in [0.4, 0.5) is 0 Å². The molecule has 0 amide bonds. The van der Waals surface area contributed by atoms with E-state index in [0.29, 0.717) is 6.17 Å². The molecule has 0 saturated carbocycles. The second kappa shape index (κ2) is 38.6. The van der Waals surface area contributed by atoms with Gasteiger partial charge in [0.05, 0.1) is 0 Å². The Morgan fingerprint density at radius 1 is 0.265 bits per heavy atom. The second-order valence-electron chi connectivity index (χ2n) is 16.4. The minimum Gasteiger partial charge on any atom is -0.356 e. The van der Waals surface area contributed by atoms with Crippen molar-refractivity contribution in [1.29, 1.82) is 0 Å². The number of hydrogen-bond donors (Lipinski definition) is 0. The van der Waals surface area contributed by atoms with Crippen LogP contribution in [0.3, 0.4) is 0 Å². The van der Waals surface area contributed by atoms with Crippen LogP contribution >= 0.6 is 0 Å². The van der Waals surface area contributed by atoms with Gasteiger partial charge in [-0.1, -0.05) is 245 Å². The molecule has 1 atom stereocenters. The molecule has 0 radical (unpaired) electrons. The molecule has 1 aliphatic heterocycles. The lowest BCUT2D eigenvalue weighted by Crippen LogP contribution is -2.39. The quantitative estimate of drug-likeness (QED) is 0.0591. The second-order valence-corrected chi connectivity index (χ2v) is 16.4. The maximum atomic E-state index is 2.74. The number of unbranched alkanes of at least 4 members (excludes halogenated alkanes) is 35. The third kappa shape index (κ3) is 30.7. The van der Waals surface area contributed by atoms with Crippen molar-refractivity contribution in [3.63, 3.8) is 0 Å². The largest absolute Gasteiger partial charge is 0.356 e. The summed E-state index contributed by atoms with van der Waals surface area (Å²) < 4.78 is 0. The van der Waals surface area contributed by atoms with E-state index in [0.717, 1.165) is 0 Å². The minimum atomic E-state index is 0.637. The molecule has 0 saturated heterocycles. The molecule has 0 aromatic heterocycles. The maximum Gasteiger partial charge on any atom is 0.101 e. The summed E-state index contributed by atoms with van der Waals surface area (Å²) >= 11 is 0. The molecule has 1 rings (SSSR count). The Kier molecular flexibility index (Phi) is 36.5. The van der Waals surface area contributed by atoms with E-state index < -0.39 is 0 Å². The van der Waals surface area contributed by atoms with Gasteiger partial charge in [0.2, 0.25) is 0 Å². The fourth-order valence-electron chi connectivity index (χ4n) is 8.13. The smallest absolute Gasteiger partial charge is 0.101 e. The first-order chi connectivity index (χ1) is 24.3. The Morgan fingerprint density at radius 3 is 0.714 bits per heavy atom. The molecule has 0 fully saturated rings. The van der Waals surface area contributed by atoms with Gasteiger partial charge in [-0.15, -0.1) is 0 Å². The van der Waals surface area contributed by atoms with E-state index in [4.69, 9.17) is 0 Å². The third-order valence-electron chi connectivity index (χ3n) is 11.6. The van der Waals surface area contributed by atoms with Crippen molar-refractivity contribution in [2.24, 2.45) is 0 Å². The Morgan fingerprint density at radius 2 is 0.469 bits per heavy atom. The number of nitrogens with zero attached hydrogens (tertiary/aromatic N) is 2. The van der Waals surface area contributed by atoms with Crippen molar-refractivity contribution < 1.29 is 0 Å². The topological polar surface area (TPSA) is 6.48 Å². The third-order valence-corrected chi connectivity index (χ3v) is 11.6. The zero-order valence-electron chi connectivity index (χ0n) is 34.6. The van der Waals surface area contributed by atoms with E-state index in [2.05, 4.69) is 43.0 Å². The molecular weight excluding hydrogens is 593 g/mol. The minimum absolute atomic E-state index is 0.637. The van der Waals surface area contributed by atoms with Crippen molar-refractivity contribution in [3.8, 4) is 0 Å². The van der Waals surface area contributed by atoms with Gasteiger partial charge < -0.3 is 9.80 Å². The zero-order valence-corrected chi connectivity index (χ0v) is 34.6. The first-order valence-corrected chi connectivity index (χ1v) is 23.5. The summed E-state index contributed by atoms with van der Waals surface area (Å²) in [4.78, 5) is 5.47. The first kappa shape index (κ1) is 46.4. The molecule has 0 bridgehead atoms. The van der Waals surface area contributed by atoms with Crippen LogP contribution < -0.4 is 0 Å². The summed E-state index contributed by atoms with van der Waals surface area (Å²) in [6.45, 7) is 9.49. The molecule has 1 heterocycles. The van der Waals surface area contributed by atoms with Gasteiger partial charge in [0.15, 0.2) is 0 Å². The monoisotopic (exact) mass is 687 g/mol. The highest BCUT2D eigenvalue weighted by Gasteiger charge is 2.24. The summed E-state index contributed by atoms with van der Waals surface area (Å²) in [7, 11) is 0. The Balaban J connectivity index is 2.21. The van der Waals surface area contributed by atoms with Crippen molar-refractivity contribution in [2.45, 2.75) is 277 Å². The van der Waals surface area contributed by atoms with Gasteiger partial charge in [-0.25, -0.2) is 0 Å². The summed E-state index contributed by atoms with van der Waals surface area (Å²) in [6.07, 6.45) is 61.9. The highest BCUT2D eigenvalue weighted by Crippen LogP contribution is 2.24. The maximum absolute atomic E-state index is 2.74. The van der Waals surface area contributed by atoms with Gasteiger partial charge in [-0.3, -0.25) is 0 Å². The van der Waals surface area contributed by atoms with Crippen LogP contribution in [0.2, 0.25) is 0 Å². The van der Waals surface area contributed by atoms with Crippen LogP contribution in [0.1, 0.15) is 271 Å². The Labute approximate surface area is 311 Å². The predicted octanol–water partition coefficient (Wildman–Crippen LogP) is 16.7. The number of rotatable bonds is 41. The van der Waals surface area contributed by atoms with Crippen LogP contribution in [-0.4, -0.2) is 29.1 Å². The van der Waals surface area contributed by atoms with E-state index in [-0.39, 0.29) is 0 Å². The van der Waals surface area contributed by atoms with Crippen LogP contribution in [0.15, 0.2) is 12.4 Å². The summed E-state index contributed by atoms with van der Waals surface area (Å²) in [5.41, 5.74) is 0. The van der Waals surface area contributed by atoms with Gasteiger partial charge >= 0.3 is 0 Å². The Bertz CT molecular complexity index is 644. The predicted molar refractivity (Wildman–Crippen MR) is 223 cm³/mol. The van der Waals surface area contributed by atoms with E-state index in [9.17, 15) is 0 Å². The molecule has 0 aliphatic carbocycles. The summed E-state index contributed by atoms with van der Waals surface area (Å²) in [5.74, 6) is 0. The van der Waals surface area contributed by atoms with E-state index in [1.165, 1.54) is 264 Å². The highest BCUT2D eigenvalue weighted by molar-refractivity contribution is 4.97. The fourth-order valence-corrected chi connectivity index (χ4v) is 8.13. The molecule has 292 valence electrons. The first-order valence-electron chi connectivity index (χ1n) is 23.5. The highest BCUT2D eigenvalue weighted by atomic mass is 15.4. The molecule has 2 nitrogen and oxygen atoms in total. The molecule has 0 aromatic rings. The van der Waals surface area contributed by atoms with Crippen molar-refractivity contribution >= 4 is 0 Å². The number of hydrogen-bond acceptors (Lipinski definition) is 2. The fraction of sp³-hybridized carbons (Fsp3) is 0.957. The van der Waals surface area contributed by atoms with Gasteiger partial charge in [-0.05, 0) is 25.7 Å². The zero-order chi connectivity index (χ0) is 35.1. The molecular formula is C47H94N2. The van der Waals surface area contributed by atoms with Gasteiger partial charge in [-0.2, -0.15) is 0 Å². The van der Waals surface area contributed by atoms with Crippen LogP contribution in [0.25, 0.3) is 0 Å². The van der Waals surface area contributed by atoms with Gasteiger partial charge in [0.1, 0.15) is 6.17 Å². The molecule has 1 aliphatic rings. The van der Waals surface area contributed by atoms with Crippen molar-refractivity contribution in [3.05, 3.63) is 12.4 Å². The SMILES string of the molecule is CCCCCCCCCCCCCCCCN1C=CN(CCCCCCCCCCCCC)C1CCCCCCCCCCCCCCC. The van der Waals surface area contributed by atoms with Crippen molar-refractivity contribution in [2.75, 3.05) is 13.1 Å². The van der Waals surface area contributed by atoms with Crippen LogP contribution in [0, 0.1) is 0 Å². The summed E-state index contributed by atoms with van der Waals surface area (Å²) in [5, 5.41) is 0. The van der Waals surface area contributed by atoms with Crippen molar-refractivity contribution in [1.82, 2.24) is 9.80 Å². The molecule has 49 heavy (non-hydrogen) atoms. The lowest BCUT2D eigenvalue weighted by atomic mass is 10.0. The van der Waals surface area contributed by atoms with E-state index >= 15 is 0 Å². The Hall–Kier alpha value is -0.660.